The molecule has 29 heavy (non-hydrogen) atoms. The van der Waals surface area contributed by atoms with Crippen LogP contribution in [0.4, 0.5) is 0 Å². The summed E-state index contributed by atoms with van der Waals surface area (Å²) in [5.74, 6) is -3.15. The number of imide groups is 1. The van der Waals surface area contributed by atoms with Gasteiger partial charge in [0.2, 0.25) is 11.8 Å². The second-order valence-corrected chi connectivity index (χ2v) is 8.07. The predicted octanol–water partition coefficient (Wildman–Crippen LogP) is 1.47. The molecule has 2 unspecified atom stereocenters. The molecule has 9 heteroatoms. The summed E-state index contributed by atoms with van der Waals surface area (Å²) in [5.41, 5.74) is -0.883. The Kier molecular flexibility index (Phi) is 6.58. The van der Waals surface area contributed by atoms with Crippen LogP contribution in [0.1, 0.15) is 41.0 Å². The summed E-state index contributed by atoms with van der Waals surface area (Å²) in [6, 6.07) is 2.00. The number of likely N-dealkylation sites (N-methyl/N-ethyl adjacent to an activating group) is 2. The fourth-order valence-corrected chi connectivity index (χ4v) is 4.02. The van der Waals surface area contributed by atoms with Gasteiger partial charge in [0.15, 0.2) is 5.11 Å². The zero-order chi connectivity index (χ0) is 22.1. The molecular formula is C20H26N4O4S. The zero-order valence-corrected chi connectivity index (χ0v) is 18.2. The maximum absolute atomic E-state index is 12.8. The first kappa shape index (κ1) is 22.7. The van der Waals surface area contributed by atoms with Crippen LogP contribution in [0.15, 0.2) is 11.6 Å². The molecule has 4 amide bonds. The van der Waals surface area contributed by atoms with E-state index in [9.17, 15) is 24.4 Å². The number of carbonyl (C=O) groups excluding carboxylic acids is 4. The zero-order valence-electron chi connectivity index (χ0n) is 17.4. The Morgan fingerprint density at radius 3 is 2.03 bits per heavy atom. The lowest BCUT2D eigenvalue weighted by Crippen LogP contribution is -2.57. The van der Waals surface area contributed by atoms with Gasteiger partial charge in [0.25, 0.3) is 11.8 Å². The number of rotatable bonds is 5. The van der Waals surface area contributed by atoms with E-state index in [1.54, 1.807) is 34.6 Å². The molecule has 2 saturated heterocycles. The third-order valence-corrected chi connectivity index (χ3v) is 6.29. The van der Waals surface area contributed by atoms with Crippen molar-refractivity contribution in [2.45, 2.75) is 41.0 Å². The van der Waals surface area contributed by atoms with Gasteiger partial charge < -0.3 is 0 Å². The highest BCUT2D eigenvalue weighted by atomic mass is 32.1. The minimum absolute atomic E-state index is 0.00124. The van der Waals surface area contributed by atoms with Crippen molar-refractivity contribution in [2.75, 3.05) is 19.6 Å². The van der Waals surface area contributed by atoms with Crippen LogP contribution >= 0.6 is 12.2 Å². The number of amides is 4. The first-order valence-corrected chi connectivity index (χ1v) is 10.1. The van der Waals surface area contributed by atoms with E-state index in [0.717, 1.165) is 4.90 Å². The summed E-state index contributed by atoms with van der Waals surface area (Å²) in [7, 11) is 0. The molecule has 2 aliphatic rings. The van der Waals surface area contributed by atoms with Crippen LogP contribution in [0.5, 0.6) is 0 Å². The van der Waals surface area contributed by atoms with Crippen LogP contribution in [0.2, 0.25) is 0 Å². The third kappa shape index (κ3) is 3.69. The number of nitriles is 1. The first-order valence-electron chi connectivity index (χ1n) is 9.67. The molecule has 0 saturated carbocycles. The lowest BCUT2D eigenvalue weighted by atomic mass is 9.69. The SMILES string of the molecule is CCN1C(=O)C(=CCCN2C(=O)C(C#N)C(C)C(C)(C)C2=O)C(=O)N(CC)C1=S. The Morgan fingerprint density at radius 2 is 1.59 bits per heavy atom. The van der Waals surface area contributed by atoms with Gasteiger partial charge in [-0.05, 0) is 38.4 Å². The van der Waals surface area contributed by atoms with Crippen molar-refractivity contribution in [1.29, 1.82) is 5.26 Å². The lowest BCUT2D eigenvalue weighted by Gasteiger charge is -2.42. The molecular weight excluding hydrogens is 392 g/mol. The Labute approximate surface area is 176 Å². The monoisotopic (exact) mass is 418 g/mol. The van der Waals surface area contributed by atoms with E-state index in [1.807, 2.05) is 6.07 Å². The molecule has 0 radical (unpaired) electrons. The summed E-state index contributed by atoms with van der Waals surface area (Å²) in [5, 5.41) is 9.55. The van der Waals surface area contributed by atoms with Gasteiger partial charge in [-0.15, -0.1) is 0 Å². The quantitative estimate of drug-likeness (QED) is 0.290. The Hall–Kier alpha value is -2.60. The van der Waals surface area contributed by atoms with Crippen molar-refractivity contribution in [2.24, 2.45) is 17.3 Å². The first-order chi connectivity index (χ1) is 13.5. The van der Waals surface area contributed by atoms with Gasteiger partial charge in [0.1, 0.15) is 11.5 Å². The maximum Gasteiger partial charge on any atom is 0.265 e. The molecule has 0 spiro atoms. The normalized spacial score (nSPS) is 24.9. The summed E-state index contributed by atoms with van der Waals surface area (Å²) in [6.07, 6.45) is 1.58. The Balaban J connectivity index is 2.25. The standard InChI is InChI=1S/C20H26N4O4S/c1-6-22-15(25)13(16(26)23(7-2)19(22)29)9-8-10-24-17(27)14(11-21)12(3)20(4,5)18(24)28/h9,12,14H,6-8,10H2,1-5H3. The van der Waals surface area contributed by atoms with Crippen molar-refractivity contribution in [3.8, 4) is 6.07 Å². The molecule has 2 heterocycles. The van der Waals surface area contributed by atoms with Crippen LogP contribution in [-0.2, 0) is 19.2 Å². The maximum atomic E-state index is 12.8. The largest absolute Gasteiger partial charge is 0.285 e. The van der Waals surface area contributed by atoms with Crippen molar-refractivity contribution in [3.63, 3.8) is 0 Å². The van der Waals surface area contributed by atoms with Crippen LogP contribution in [0.25, 0.3) is 0 Å². The number of thiocarbonyl (C=S) groups is 1. The van der Waals surface area contributed by atoms with Gasteiger partial charge in [0.05, 0.1) is 6.07 Å². The molecule has 2 atom stereocenters. The lowest BCUT2D eigenvalue weighted by molar-refractivity contribution is -0.162. The van der Waals surface area contributed by atoms with Crippen molar-refractivity contribution >= 4 is 41.0 Å². The molecule has 0 aromatic carbocycles. The van der Waals surface area contributed by atoms with Crippen LogP contribution in [-0.4, -0.2) is 63.1 Å². The van der Waals surface area contributed by atoms with E-state index < -0.39 is 35.0 Å². The summed E-state index contributed by atoms with van der Waals surface area (Å²) in [4.78, 5) is 54.4. The van der Waals surface area contributed by atoms with Crippen LogP contribution < -0.4 is 0 Å². The molecule has 2 fully saturated rings. The van der Waals surface area contributed by atoms with Gasteiger partial charge in [-0.25, -0.2) is 0 Å². The molecule has 0 aromatic rings. The topological polar surface area (TPSA) is 102 Å². The smallest absolute Gasteiger partial charge is 0.265 e. The Morgan fingerprint density at radius 1 is 1.07 bits per heavy atom. The molecule has 0 aliphatic carbocycles. The van der Waals surface area contributed by atoms with Crippen molar-refractivity contribution in [1.82, 2.24) is 14.7 Å². The molecule has 0 bridgehead atoms. The number of piperidine rings is 1. The molecule has 2 rings (SSSR count). The summed E-state index contributed by atoms with van der Waals surface area (Å²) < 4.78 is 0. The van der Waals surface area contributed by atoms with Crippen LogP contribution in [0.3, 0.4) is 0 Å². The third-order valence-electron chi connectivity index (χ3n) is 5.85. The molecule has 0 aromatic heterocycles. The second-order valence-electron chi connectivity index (χ2n) is 7.70. The minimum atomic E-state index is -0.906. The van der Waals surface area contributed by atoms with E-state index in [1.165, 1.54) is 15.9 Å². The summed E-state index contributed by atoms with van der Waals surface area (Å²) in [6.45, 7) is 9.35. The minimum Gasteiger partial charge on any atom is -0.285 e. The van der Waals surface area contributed by atoms with E-state index in [0.29, 0.717) is 13.1 Å². The van der Waals surface area contributed by atoms with E-state index in [-0.39, 0.29) is 29.6 Å². The predicted molar refractivity (Wildman–Crippen MR) is 109 cm³/mol. The molecule has 156 valence electrons. The number of nitrogens with zero attached hydrogens (tertiary/aromatic N) is 4. The van der Waals surface area contributed by atoms with Gasteiger partial charge in [0, 0.05) is 25.0 Å². The van der Waals surface area contributed by atoms with E-state index in [4.69, 9.17) is 12.2 Å². The average Bonchev–Trinajstić information content (AvgIpc) is 2.67. The highest BCUT2D eigenvalue weighted by Crippen LogP contribution is 2.39. The van der Waals surface area contributed by atoms with Crippen molar-refractivity contribution in [3.05, 3.63) is 11.6 Å². The van der Waals surface area contributed by atoms with Crippen molar-refractivity contribution < 1.29 is 19.2 Å². The number of hydrogen-bond acceptors (Lipinski definition) is 6. The van der Waals surface area contributed by atoms with E-state index >= 15 is 0 Å². The van der Waals surface area contributed by atoms with Gasteiger partial charge >= 0.3 is 0 Å². The number of hydrogen-bond donors (Lipinski definition) is 0. The fourth-order valence-electron chi connectivity index (χ4n) is 3.59. The fraction of sp³-hybridized carbons (Fsp3) is 0.600. The van der Waals surface area contributed by atoms with Gasteiger partial charge in [-0.3, -0.25) is 33.9 Å². The van der Waals surface area contributed by atoms with E-state index in [2.05, 4.69) is 0 Å². The highest BCUT2D eigenvalue weighted by molar-refractivity contribution is 7.80. The second kappa shape index (κ2) is 8.41. The van der Waals surface area contributed by atoms with Gasteiger partial charge in [-0.1, -0.05) is 26.8 Å². The van der Waals surface area contributed by atoms with Crippen LogP contribution in [0, 0.1) is 28.6 Å². The Bertz CT molecular complexity index is 814. The molecule has 0 N–H and O–H groups in total. The van der Waals surface area contributed by atoms with Gasteiger partial charge in [-0.2, -0.15) is 5.26 Å². The molecule has 8 nitrogen and oxygen atoms in total. The molecule has 2 aliphatic heterocycles. The highest BCUT2D eigenvalue weighted by Gasteiger charge is 2.51. The average molecular weight is 419 g/mol. The summed E-state index contributed by atoms with van der Waals surface area (Å²) >= 11 is 5.22. The number of carbonyl (C=O) groups is 4. The number of likely N-dealkylation sites (tertiary alicyclic amines) is 1.